The number of hydrogen-bond acceptors (Lipinski definition) is 6. The Morgan fingerprint density at radius 3 is 2.47 bits per heavy atom. The van der Waals surface area contributed by atoms with Crippen LogP contribution < -0.4 is 10.2 Å². The summed E-state index contributed by atoms with van der Waals surface area (Å²) < 4.78 is -0.608. The molecule has 2 heterocycles. The molecule has 0 aromatic heterocycles. The van der Waals surface area contributed by atoms with E-state index in [9.17, 15) is 29.4 Å². The molecule has 3 atom stereocenters. The normalized spacial score (nSPS) is 26.1. The molecule has 4 rings (SSSR count). The third-order valence-corrected chi connectivity index (χ3v) is 8.89. The molecule has 38 heavy (non-hydrogen) atoms. The van der Waals surface area contributed by atoms with E-state index in [1.807, 2.05) is 0 Å². The zero-order valence-electron chi connectivity index (χ0n) is 21.9. The lowest BCUT2D eigenvalue weighted by Crippen LogP contribution is -2.57. The summed E-state index contributed by atoms with van der Waals surface area (Å²) in [5.41, 5.74) is 5.82. The Labute approximate surface area is 227 Å². The van der Waals surface area contributed by atoms with Gasteiger partial charge in [0, 0.05) is 38.8 Å². The van der Waals surface area contributed by atoms with Gasteiger partial charge in [0.15, 0.2) is 5.69 Å². The van der Waals surface area contributed by atoms with Crippen molar-refractivity contribution in [3.63, 3.8) is 0 Å². The fraction of sp³-hybridized carbons (Fsp3) is 0.615. The van der Waals surface area contributed by atoms with Gasteiger partial charge < -0.3 is 30.6 Å². The summed E-state index contributed by atoms with van der Waals surface area (Å²) in [6.45, 7) is 1.92. The second kappa shape index (κ2) is 10.8. The lowest BCUT2D eigenvalue weighted by atomic mass is 9.90. The van der Waals surface area contributed by atoms with E-state index < -0.39 is 22.5 Å². The molecule has 3 fully saturated rings. The SMILES string of the molecule is CN(C)C(=O)C(CCN1CCC2(CC2)[C@H](O)C1)N1CC[N@@+](C(=O)O)(c2ccc(C(N)=O)cc2Cl)CCC1=O. The van der Waals surface area contributed by atoms with Crippen LogP contribution in [-0.2, 0) is 9.59 Å². The van der Waals surface area contributed by atoms with Gasteiger partial charge in [0.05, 0.1) is 19.1 Å². The van der Waals surface area contributed by atoms with Crippen molar-refractivity contribution in [1.29, 1.82) is 0 Å². The topological polar surface area (TPSA) is 144 Å². The monoisotopic (exact) mass is 550 g/mol. The summed E-state index contributed by atoms with van der Waals surface area (Å²) in [7, 11) is 3.27. The fourth-order valence-electron chi connectivity index (χ4n) is 5.86. The molecular weight excluding hydrogens is 514 g/mol. The quantitative estimate of drug-likeness (QED) is 0.434. The summed E-state index contributed by atoms with van der Waals surface area (Å²) in [5, 5.41) is 21.0. The molecule has 1 aliphatic carbocycles. The van der Waals surface area contributed by atoms with Crippen molar-refractivity contribution in [2.24, 2.45) is 11.1 Å². The number of carboxylic acid groups (broad SMARTS) is 1. The van der Waals surface area contributed by atoms with Crippen LogP contribution in [0.3, 0.4) is 0 Å². The molecule has 4 N–H and O–H groups in total. The highest BCUT2D eigenvalue weighted by Crippen LogP contribution is 2.53. The number of β-amino-alcohol motifs (C(OH)–C–C–N with tert-alkyl or cyclic N) is 1. The number of hydrogen-bond donors (Lipinski definition) is 3. The van der Waals surface area contributed by atoms with Gasteiger partial charge in [-0.25, -0.2) is 0 Å². The van der Waals surface area contributed by atoms with Crippen LogP contribution >= 0.6 is 11.6 Å². The smallest absolute Gasteiger partial charge is 0.435 e. The molecule has 208 valence electrons. The number of aliphatic hydroxyl groups is 1. The number of rotatable bonds is 7. The minimum absolute atomic E-state index is 0.00112. The maximum absolute atomic E-state index is 13.4. The van der Waals surface area contributed by atoms with Crippen LogP contribution in [-0.4, -0.2) is 114 Å². The summed E-state index contributed by atoms with van der Waals surface area (Å²) in [5.74, 6) is -1.21. The van der Waals surface area contributed by atoms with Crippen LogP contribution in [0.4, 0.5) is 10.5 Å². The van der Waals surface area contributed by atoms with Gasteiger partial charge in [-0.2, -0.15) is 9.28 Å². The van der Waals surface area contributed by atoms with Crippen molar-refractivity contribution in [3.8, 4) is 0 Å². The number of amides is 4. The number of nitrogens with two attached hydrogens (primary N) is 1. The van der Waals surface area contributed by atoms with E-state index in [0.717, 1.165) is 25.8 Å². The highest BCUT2D eigenvalue weighted by Gasteiger charge is 2.51. The minimum Gasteiger partial charge on any atom is -0.435 e. The standard InChI is InChI=1S/C26H36ClN5O6/c1-29(2)24(36)19(5-10-30-11-9-26(7-8-26)21(33)16-30)31-12-14-32(25(37)38,13-6-22(31)34)20-4-3-17(23(28)35)15-18(20)27/h3-4,15,19,21,33H,5-14,16H2,1-2H3,(H2-,28,35,37,38)/p+1/t19?,21-,32-/m1/s1. The van der Waals surface area contributed by atoms with Gasteiger partial charge in [-0.15, -0.1) is 0 Å². The van der Waals surface area contributed by atoms with Crippen molar-refractivity contribution in [2.75, 3.05) is 53.4 Å². The lowest BCUT2D eigenvalue weighted by molar-refractivity contribution is -0.144. The van der Waals surface area contributed by atoms with Crippen LogP contribution in [0.5, 0.6) is 0 Å². The number of carbonyl (C=O) groups excluding carboxylic acids is 3. The second-order valence-electron chi connectivity index (χ2n) is 11.0. The largest absolute Gasteiger partial charge is 0.518 e. The molecule has 1 spiro atoms. The van der Waals surface area contributed by atoms with Gasteiger partial charge in [0.25, 0.3) is 0 Å². The van der Waals surface area contributed by atoms with Crippen LogP contribution in [0.25, 0.3) is 0 Å². The third-order valence-electron chi connectivity index (χ3n) is 8.59. The molecule has 1 saturated carbocycles. The Balaban J connectivity index is 1.55. The Bertz CT molecular complexity index is 1130. The highest BCUT2D eigenvalue weighted by atomic mass is 35.5. The maximum Gasteiger partial charge on any atom is 0.518 e. The van der Waals surface area contributed by atoms with E-state index in [4.69, 9.17) is 17.3 Å². The molecule has 0 radical (unpaired) electrons. The van der Waals surface area contributed by atoms with E-state index in [1.54, 1.807) is 14.1 Å². The number of quaternary nitrogens is 1. The van der Waals surface area contributed by atoms with Crippen LogP contribution in [0.15, 0.2) is 18.2 Å². The first-order valence-corrected chi connectivity index (χ1v) is 13.4. The molecule has 12 heteroatoms. The van der Waals surface area contributed by atoms with Gasteiger partial charge in [0.1, 0.15) is 24.2 Å². The predicted molar refractivity (Wildman–Crippen MR) is 142 cm³/mol. The molecule has 3 aliphatic rings. The molecule has 1 aromatic carbocycles. The Hall–Kier alpha value is -2.73. The highest BCUT2D eigenvalue weighted by molar-refractivity contribution is 6.33. The van der Waals surface area contributed by atoms with Crippen molar-refractivity contribution in [2.45, 2.75) is 44.2 Å². The average Bonchev–Trinajstić information content (AvgIpc) is 3.66. The maximum atomic E-state index is 13.4. The molecule has 1 unspecified atom stereocenters. The van der Waals surface area contributed by atoms with E-state index in [-0.39, 0.29) is 65.7 Å². The van der Waals surface area contributed by atoms with Gasteiger partial charge in [-0.3, -0.25) is 14.4 Å². The number of benzene rings is 1. The number of carbonyl (C=O) groups is 4. The molecule has 2 aliphatic heterocycles. The van der Waals surface area contributed by atoms with E-state index in [0.29, 0.717) is 19.5 Å². The minimum atomic E-state index is -1.18. The summed E-state index contributed by atoms with van der Waals surface area (Å²) in [6.07, 6.45) is 1.78. The molecule has 1 aromatic rings. The van der Waals surface area contributed by atoms with Crippen LogP contribution in [0.1, 0.15) is 42.5 Å². The van der Waals surface area contributed by atoms with E-state index in [2.05, 4.69) is 4.90 Å². The van der Waals surface area contributed by atoms with E-state index in [1.165, 1.54) is 28.0 Å². The van der Waals surface area contributed by atoms with Crippen molar-refractivity contribution >= 4 is 41.1 Å². The molecule has 11 nitrogen and oxygen atoms in total. The zero-order valence-corrected chi connectivity index (χ0v) is 22.7. The number of aliphatic hydroxyl groups excluding tert-OH is 1. The number of nitrogens with zero attached hydrogens (tertiary/aromatic N) is 4. The Kier molecular flexibility index (Phi) is 8.04. The number of primary amides is 1. The molecular formula is C26H37ClN5O6+. The fourth-order valence-corrected chi connectivity index (χ4v) is 6.20. The number of likely N-dealkylation sites (tertiary alicyclic amines) is 1. The van der Waals surface area contributed by atoms with Gasteiger partial charge >= 0.3 is 6.09 Å². The predicted octanol–water partition coefficient (Wildman–Crippen LogP) is 1.35. The molecule has 2 saturated heterocycles. The van der Waals surface area contributed by atoms with Crippen molar-refractivity contribution in [3.05, 3.63) is 28.8 Å². The summed E-state index contributed by atoms with van der Waals surface area (Å²) in [6, 6.07) is 3.47. The van der Waals surface area contributed by atoms with Crippen molar-refractivity contribution < 1.29 is 29.4 Å². The average molecular weight is 551 g/mol. The first kappa shape index (κ1) is 28.3. The summed E-state index contributed by atoms with van der Waals surface area (Å²) >= 11 is 6.42. The molecule has 4 amide bonds. The van der Waals surface area contributed by atoms with Gasteiger partial charge in [-0.1, -0.05) is 11.6 Å². The summed E-state index contributed by atoms with van der Waals surface area (Å²) in [4.78, 5) is 55.9. The Morgan fingerprint density at radius 2 is 1.92 bits per heavy atom. The number of piperidine rings is 1. The lowest BCUT2D eigenvalue weighted by Gasteiger charge is -2.38. The first-order valence-electron chi connectivity index (χ1n) is 13.0. The van der Waals surface area contributed by atoms with Gasteiger partial charge in [-0.05, 0) is 49.8 Å². The zero-order chi connectivity index (χ0) is 27.8. The van der Waals surface area contributed by atoms with Crippen LogP contribution in [0.2, 0.25) is 5.02 Å². The third kappa shape index (κ3) is 5.38. The number of likely N-dealkylation sites (N-methyl/N-ethyl adjacent to an activating group) is 1. The van der Waals surface area contributed by atoms with Crippen molar-refractivity contribution in [1.82, 2.24) is 19.2 Å². The van der Waals surface area contributed by atoms with Crippen LogP contribution in [0, 0.1) is 5.41 Å². The van der Waals surface area contributed by atoms with Gasteiger partial charge in [0.2, 0.25) is 17.7 Å². The number of halogens is 1. The van der Waals surface area contributed by atoms with E-state index >= 15 is 0 Å². The Morgan fingerprint density at radius 1 is 1.21 bits per heavy atom. The second-order valence-corrected chi connectivity index (χ2v) is 11.4. The molecule has 0 bridgehead atoms. The first-order chi connectivity index (χ1) is 17.9.